The van der Waals surface area contributed by atoms with Gasteiger partial charge in [0.2, 0.25) is 23.5 Å². The Bertz CT molecular complexity index is 1100. The van der Waals surface area contributed by atoms with Crippen LogP contribution < -0.4 is 10.2 Å². The first-order chi connectivity index (χ1) is 13.9. The van der Waals surface area contributed by atoms with Crippen LogP contribution in [-0.4, -0.2) is 28.5 Å². The van der Waals surface area contributed by atoms with Gasteiger partial charge in [0.25, 0.3) is 0 Å². The van der Waals surface area contributed by atoms with Crippen molar-refractivity contribution >= 4 is 34.8 Å². The molecular weight excluding hydrogens is 392 g/mol. The Hall–Kier alpha value is -3.19. The molecule has 1 aliphatic rings. The van der Waals surface area contributed by atoms with Gasteiger partial charge in [-0.05, 0) is 36.8 Å². The van der Waals surface area contributed by atoms with Gasteiger partial charge in [-0.3, -0.25) is 9.59 Å². The molecule has 0 bridgehead atoms. The minimum absolute atomic E-state index is 0.103. The van der Waals surface area contributed by atoms with Crippen LogP contribution in [0.1, 0.15) is 17.9 Å². The molecule has 2 amide bonds. The van der Waals surface area contributed by atoms with Crippen LogP contribution in [-0.2, 0) is 9.59 Å². The van der Waals surface area contributed by atoms with Crippen LogP contribution >= 0.6 is 11.6 Å². The van der Waals surface area contributed by atoms with Gasteiger partial charge in [0.05, 0.1) is 5.92 Å². The number of hydrogen-bond donors (Lipinski definition) is 1. The highest BCUT2D eigenvalue weighted by atomic mass is 35.5. The van der Waals surface area contributed by atoms with E-state index in [-0.39, 0.29) is 18.2 Å². The summed E-state index contributed by atoms with van der Waals surface area (Å²) in [6.07, 6.45) is 0.150. The number of aryl methyl sites for hydroxylation is 2. The van der Waals surface area contributed by atoms with Crippen molar-refractivity contribution in [3.63, 3.8) is 0 Å². The molecule has 0 radical (unpaired) electrons. The predicted octanol–water partition coefficient (Wildman–Crippen LogP) is 4.00. The van der Waals surface area contributed by atoms with Gasteiger partial charge in [0.15, 0.2) is 0 Å². The first-order valence-corrected chi connectivity index (χ1v) is 9.56. The van der Waals surface area contributed by atoms with Gasteiger partial charge in [0, 0.05) is 41.9 Å². The molecular formula is C21H19ClN4O3. The monoisotopic (exact) mass is 410 g/mol. The second-order valence-corrected chi connectivity index (χ2v) is 7.45. The zero-order chi connectivity index (χ0) is 20.5. The molecule has 8 heteroatoms. The molecule has 1 fully saturated rings. The van der Waals surface area contributed by atoms with E-state index in [1.54, 1.807) is 24.0 Å². The average Bonchev–Trinajstić information content (AvgIpc) is 3.31. The van der Waals surface area contributed by atoms with Gasteiger partial charge in [-0.2, -0.15) is 4.98 Å². The van der Waals surface area contributed by atoms with Crippen molar-refractivity contribution in [1.29, 1.82) is 0 Å². The van der Waals surface area contributed by atoms with Crippen molar-refractivity contribution in [1.82, 2.24) is 10.1 Å². The van der Waals surface area contributed by atoms with Crippen molar-refractivity contribution in [3.05, 3.63) is 58.9 Å². The van der Waals surface area contributed by atoms with Crippen molar-refractivity contribution in [2.24, 2.45) is 5.92 Å². The maximum Gasteiger partial charge on any atom is 0.229 e. The van der Waals surface area contributed by atoms with Crippen molar-refractivity contribution < 1.29 is 14.1 Å². The maximum atomic E-state index is 12.7. The zero-order valence-electron chi connectivity index (χ0n) is 16.0. The smallest absolute Gasteiger partial charge is 0.229 e. The average molecular weight is 411 g/mol. The number of halogens is 1. The van der Waals surface area contributed by atoms with E-state index in [1.165, 1.54) is 0 Å². The summed E-state index contributed by atoms with van der Waals surface area (Å²) in [5.41, 5.74) is 2.99. The molecule has 148 valence electrons. The molecule has 1 aromatic heterocycles. The van der Waals surface area contributed by atoms with Gasteiger partial charge in [-0.15, -0.1) is 0 Å². The minimum atomic E-state index is -0.446. The summed E-state index contributed by atoms with van der Waals surface area (Å²) in [5, 5.41) is 7.35. The number of aromatic nitrogens is 2. The predicted molar refractivity (Wildman–Crippen MR) is 110 cm³/mol. The second kappa shape index (κ2) is 7.67. The Morgan fingerprint density at radius 1 is 1.24 bits per heavy atom. The molecule has 0 spiro atoms. The van der Waals surface area contributed by atoms with E-state index >= 15 is 0 Å². The third kappa shape index (κ3) is 4.00. The molecule has 0 unspecified atom stereocenters. The van der Waals surface area contributed by atoms with Crippen LogP contribution in [0.2, 0.25) is 5.02 Å². The van der Waals surface area contributed by atoms with Crippen LogP contribution in [0.3, 0.4) is 0 Å². The van der Waals surface area contributed by atoms with Gasteiger partial charge >= 0.3 is 0 Å². The molecule has 3 aromatic rings. The minimum Gasteiger partial charge on any atom is -0.339 e. The lowest BCUT2D eigenvalue weighted by Crippen LogP contribution is -2.28. The number of nitrogens with zero attached hydrogens (tertiary/aromatic N) is 3. The molecule has 1 atom stereocenters. The van der Waals surface area contributed by atoms with E-state index < -0.39 is 5.92 Å². The highest BCUT2D eigenvalue weighted by Gasteiger charge is 2.35. The molecule has 0 saturated carbocycles. The van der Waals surface area contributed by atoms with E-state index in [9.17, 15) is 9.59 Å². The largest absolute Gasteiger partial charge is 0.339 e. The Balaban J connectivity index is 1.49. The molecule has 7 nitrogen and oxygen atoms in total. The van der Waals surface area contributed by atoms with E-state index in [4.69, 9.17) is 16.1 Å². The molecule has 4 rings (SSSR count). The van der Waals surface area contributed by atoms with Gasteiger partial charge in [-0.25, -0.2) is 0 Å². The SMILES string of the molecule is Cc1nc(-c2cccc(N3C[C@@H](C(=O)Nc4ccc(C)c(Cl)c4)CC3=O)c2)no1. The molecule has 2 aromatic carbocycles. The molecule has 0 aliphatic carbocycles. The number of rotatable bonds is 4. The molecule has 2 heterocycles. The summed E-state index contributed by atoms with van der Waals surface area (Å²) in [5.74, 6) is 0.176. The topological polar surface area (TPSA) is 88.3 Å². The van der Waals surface area contributed by atoms with Crippen molar-refractivity contribution in [2.45, 2.75) is 20.3 Å². The summed E-state index contributed by atoms with van der Waals surface area (Å²) >= 11 is 6.12. The number of carbonyl (C=O) groups excluding carboxylic acids is 2. The maximum absolute atomic E-state index is 12.7. The van der Waals surface area contributed by atoms with E-state index in [1.807, 2.05) is 37.3 Å². The van der Waals surface area contributed by atoms with Crippen LogP contribution in [0, 0.1) is 19.8 Å². The number of amides is 2. The summed E-state index contributed by atoms with van der Waals surface area (Å²) in [6.45, 7) is 3.92. The first-order valence-electron chi connectivity index (χ1n) is 9.19. The second-order valence-electron chi connectivity index (χ2n) is 7.05. The van der Waals surface area contributed by atoms with Crippen molar-refractivity contribution in [3.8, 4) is 11.4 Å². The van der Waals surface area contributed by atoms with Crippen LogP contribution in [0.5, 0.6) is 0 Å². The van der Waals surface area contributed by atoms with E-state index in [2.05, 4.69) is 15.5 Å². The summed E-state index contributed by atoms with van der Waals surface area (Å²) < 4.78 is 5.02. The Kier molecular flexibility index (Phi) is 5.07. The Morgan fingerprint density at radius 3 is 2.79 bits per heavy atom. The standard InChI is InChI=1S/C21H19ClN4O3/c1-12-6-7-16(10-18(12)22)24-21(28)15-9-19(27)26(11-15)17-5-3-4-14(8-17)20-23-13(2)29-25-20/h3-8,10,15H,9,11H2,1-2H3,(H,24,28)/t15-/m0/s1. The lowest BCUT2D eigenvalue weighted by molar-refractivity contribution is -0.122. The molecule has 1 aliphatic heterocycles. The van der Waals surface area contributed by atoms with Crippen LogP contribution in [0.4, 0.5) is 11.4 Å². The third-order valence-electron chi connectivity index (χ3n) is 4.88. The summed E-state index contributed by atoms with van der Waals surface area (Å²) in [6, 6.07) is 12.7. The molecule has 1 saturated heterocycles. The third-order valence-corrected chi connectivity index (χ3v) is 5.29. The normalized spacial score (nSPS) is 16.3. The fourth-order valence-corrected chi connectivity index (χ4v) is 3.46. The summed E-state index contributed by atoms with van der Waals surface area (Å²) in [4.78, 5) is 31.1. The quantitative estimate of drug-likeness (QED) is 0.702. The number of carbonyl (C=O) groups is 2. The number of benzene rings is 2. The van der Waals surface area contributed by atoms with E-state index in [0.29, 0.717) is 34.7 Å². The van der Waals surface area contributed by atoms with Gasteiger partial charge in [0.1, 0.15) is 0 Å². The Labute approximate surface area is 172 Å². The Morgan fingerprint density at radius 2 is 2.07 bits per heavy atom. The number of nitrogens with one attached hydrogen (secondary N) is 1. The fraction of sp³-hybridized carbons (Fsp3) is 0.238. The lowest BCUT2D eigenvalue weighted by Gasteiger charge is -2.17. The van der Waals surface area contributed by atoms with Crippen LogP contribution in [0.15, 0.2) is 47.0 Å². The fourth-order valence-electron chi connectivity index (χ4n) is 3.28. The van der Waals surface area contributed by atoms with Crippen molar-refractivity contribution in [2.75, 3.05) is 16.8 Å². The summed E-state index contributed by atoms with van der Waals surface area (Å²) in [7, 11) is 0. The molecule has 1 N–H and O–H groups in total. The number of hydrogen-bond acceptors (Lipinski definition) is 5. The number of anilines is 2. The van der Waals surface area contributed by atoms with Gasteiger partial charge < -0.3 is 14.7 Å². The van der Waals surface area contributed by atoms with Crippen LogP contribution in [0.25, 0.3) is 11.4 Å². The first kappa shape index (κ1) is 19.1. The highest BCUT2D eigenvalue weighted by Crippen LogP contribution is 2.29. The molecule has 29 heavy (non-hydrogen) atoms. The highest BCUT2D eigenvalue weighted by molar-refractivity contribution is 6.31. The zero-order valence-corrected chi connectivity index (χ0v) is 16.7. The van der Waals surface area contributed by atoms with E-state index in [0.717, 1.165) is 11.1 Å². The lowest BCUT2D eigenvalue weighted by atomic mass is 10.1. The van der Waals surface area contributed by atoms with Gasteiger partial charge in [-0.1, -0.05) is 35.0 Å².